The quantitative estimate of drug-likeness (QED) is 0.722. The van der Waals surface area contributed by atoms with Crippen molar-refractivity contribution in [2.45, 2.75) is 13.2 Å². The van der Waals surface area contributed by atoms with Gasteiger partial charge in [0.25, 0.3) is 0 Å². The van der Waals surface area contributed by atoms with Gasteiger partial charge in [0.05, 0.1) is 25.9 Å². The van der Waals surface area contributed by atoms with Crippen molar-refractivity contribution in [2.24, 2.45) is 0 Å². The second kappa shape index (κ2) is 7.59. The Balaban J connectivity index is 1.94. The zero-order chi connectivity index (χ0) is 15.2. The lowest BCUT2D eigenvalue weighted by Crippen LogP contribution is -2.02. The van der Waals surface area contributed by atoms with Crippen LogP contribution in [0.4, 0.5) is 0 Å². The first-order valence-electron chi connectivity index (χ1n) is 6.29. The van der Waals surface area contributed by atoms with Crippen LogP contribution < -0.4 is 0 Å². The molecule has 0 aromatic heterocycles. The number of benzene rings is 2. The predicted octanol–water partition coefficient (Wildman–Crippen LogP) is 4.61. The average molecular weight is 370 g/mol. The van der Waals surface area contributed by atoms with E-state index in [1.807, 2.05) is 30.3 Å². The van der Waals surface area contributed by atoms with E-state index in [1.54, 1.807) is 12.1 Å². The molecule has 0 spiro atoms. The lowest BCUT2D eigenvalue weighted by Gasteiger charge is -2.08. The van der Waals surface area contributed by atoms with Crippen LogP contribution >= 0.6 is 27.5 Å². The molecule has 0 atom stereocenters. The van der Waals surface area contributed by atoms with Gasteiger partial charge < -0.3 is 9.47 Å². The van der Waals surface area contributed by atoms with Crippen molar-refractivity contribution < 1.29 is 14.3 Å². The summed E-state index contributed by atoms with van der Waals surface area (Å²) in [7, 11) is 1.36. The van der Waals surface area contributed by atoms with E-state index in [0.29, 0.717) is 23.8 Å². The van der Waals surface area contributed by atoms with Gasteiger partial charge in [0, 0.05) is 9.50 Å². The molecule has 0 unspecified atom stereocenters. The molecule has 0 aliphatic rings. The Labute approximate surface area is 137 Å². The normalized spacial score (nSPS) is 10.4. The standard InChI is InChI=1S/C16H14BrClO3/c1-20-16(19)12-4-5-13(15(17)8-12)10-21-9-11-2-6-14(18)7-3-11/h2-8H,9-10H2,1H3. The van der Waals surface area contributed by atoms with Crippen molar-refractivity contribution >= 4 is 33.5 Å². The number of ether oxygens (including phenoxy) is 2. The van der Waals surface area contributed by atoms with Crippen molar-refractivity contribution in [1.29, 1.82) is 0 Å². The largest absolute Gasteiger partial charge is 0.465 e. The highest BCUT2D eigenvalue weighted by molar-refractivity contribution is 9.10. The lowest BCUT2D eigenvalue weighted by atomic mass is 10.1. The summed E-state index contributed by atoms with van der Waals surface area (Å²) in [5, 5.41) is 0.708. The third-order valence-corrected chi connectivity index (χ3v) is 3.90. The molecule has 0 bridgehead atoms. The minimum Gasteiger partial charge on any atom is -0.465 e. The molecular formula is C16H14BrClO3. The van der Waals surface area contributed by atoms with Crippen molar-refractivity contribution in [1.82, 2.24) is 0 Å². The van der Waals surface area contributed by atoms with Crippen LogP contribution in [0, 0.1) is 0 Å². The summed E-state index contributed by atoms with van der Waals surface area (Å²) in [4.78, 5) is 11.4. The molecule has 0 radical (unpaired) electrons. The number of hydrogen-bond acceptors (Lipinski definition) is 3. The summed E-state index contributed by atoms with van der Waals surface area (Å²) in [5.74, 6) is -0.357. The van der Waals surface area contributed by atoms with Crippen molar-refractivity contribution in [2.75, 3.05) is 7.11 Å². The molecule has 2 aromatic carbocycles. The molecule has 0 N–H and O–H groups in total. The monoisotopic (exact) mass is 368 g/mol. The average Bonchev–Trinajstić information content (AvgIpc) is 2.50. The highest BCUT2D eigenvalue weighted by atomic mass is 79.9. The van der Waals surface area contributed by atoms with Gasteiger partial charge in [-0.05, 0) is 35.4 Å². The molecule has 2 aromatic rings. The maximum absolute atomic E-state index is 11.4. The molecule has 0 amide bonds. The Hall–Kier alpha value is -1.36. The van der Waals surface area contributed by atoms with Crippen molar-refractivity contribution in [3.8, 4) is 0 Å². The van der Waals surface area contributed by atoms with Crippen molar-refractivity contribution in [3.05, 3.63) is 68.7 Å². The molecule has 3 nitrogen and oxygen atoms in total. The van der Waals surface area contributed by atoms with Gasteiger partial charge >= 0.3 is 5.97 Å². The first kappa shape index (κ1) is 16.0. The van der Waals surface area contributed by atoms with Crippen LogP contribution in [0.3, 0.4) is 0 Å². The molecule has 0 saturated carbocycles. The van der Waals surface area contributed by atoms with E-state index in [-0.39, 0.29) is 5.97 Å². The molecule has 110 valence electrons. The van der Waals surface area contributed by atoms with E-state index >= 15 is 0 Å². The second-order valence-corrected chi connectivity index (χ2v) is 5.71. The number of carbonyl (C=O) groups excluding carboxylic acids is 1. The fourth-order valence-electron chi connectivity index (χ4n) is 1.77. The van der Waals surface area contributed by atoms with Crippen LogP contribution in [0.5, 0.6) is 0 Å². The summed E-state index contributed by atoms with van der Waals surface area (Å²) < 4.78 is 11.2. The van der Waals surface area contributed by atoms with E-state index in [2.05, 4.69) is 20.7 Å². The highest BCUT2D eigenvalue weighted by Gasteiger charge is 2.08. The molecule has 0 heterocycles. The number of carbonyl (C=O) groups is 1. The molecule has 21 heavy (non-hydrogen) atoms. The third kappa shape index (κ3) is 4.56. The smallest absolute Gasteiger partial charge is 0.337 e. The third-order valence-electron chi connectivity index (χ3n) is 2.91. The van der Waals surface area contributed by atoms with Gasteiger partial charge in [-0.15, -0.1) is 0 Å². The lowest BCUT2D eigenvalue weighted by molar-refractivity contribution is 0.0600. The van der Waals surface area contributed by atoms with Gasteiger partial charge in [0.15, 0.2) is 0 Å². The first-order chi connectivity index (χ1) is 10.1. The summed E-state index contributed by atoms with van der Waals surface area (Å²) in [6.07, 6.45) is 0. The van der Waals surface area contributed by atoms with E-state index < -0.39 is 0 Å². The number of rotatable bonds is 5. The van der Waals surface area contributed by atoms with Crippen LogP contribution in [0.15, 0.2) is 46.9 Å². The summed E-state index contributed by atoms with van der Waals surface area (Å²) in [5.41, 5.74) is 2.53. The summed E-state index contributed by atoms with van der Waals surface area (Å²) in [6.45, 7) is 0.951. The summed E-state index contributed by atoms with van der Waals surface area (Å²) in [6, 6.07) is 12.8. The molecular weight excluding hydrogens is 356 g/mol. The van der Waals surface area contributed by atoms with Crippen LogP contribution in [-0.4, -0.2) is 13.1 Å². The Morgan fingerprint density at radius 3 is 2.48 bits per heavy atom. The molecule has 0 aliphatic carbocycles. The topological polar surface area (TPSA) is 35.5 Å². The van der Waals surface area contributed by atoms with E-state index in [9.17, 15) is 4.79 Å². The minimum absolute atomic E-state index is 0.357. The minimum atomic E-state index is -0.357. The molecule has 0 aliphatic heterocycles. The van der Waals surface area contributed by atoms with Gasteiger partial charge in [-0.3, -0.25) is 0 Å². The number of halogens is 2. The fourth-order valence-corrected chi connectivity index (χ4v) is 2.39. The number of hydrogen-bond donors (Lipinski definition) is 0. The van der Waals surface area contributed by atoms with Gasteiger partial charge in [-0.25, -0.2) is 4.79 Å². The molecule has 5 heteroatoms. The molecule has 0 fully saturated rings. The SMILES string of the molecule is COC(=O)c1ccc(COCc2ccc(Cl)cc2)c(Br)c1. The Morgan fingerprint density at radius 1 is 1.14 bits per heavy atom. The second-order valence-electron chi connectivity index (χ2n) is 4.42. The van der Waals surface area contributed by atoms with E-state index in [1.165, 1.54) is 7.11 Å². The van der Waals surface area contributed by atoms with Gasteiger partial charge in [-0.1, -0.05) is 45.7 Å². The zero-order valence-corrected chi connectivity index (χ0v) is 13.8. The maximum Gasteiger partial charge on any atom is 0.337 e. The van der Waals surface area contributed by atoms with E-state index in [4.69, 9.17) is 16.3 Å². The van der Waals surface area contributed by atoms with Crippen LogP contribution in [0.2, 0.25) is 5.02 Å². The first-order valence-corrected chi connectivity index (χ1v) is 7.46. The fraction of sp³-hybridized carbons (Fsp3) is 0.188. The summed E-state index contributed by atoms with van der Waals surface area (Å²) >= 11 is 9.27. The predicted molar refractivity (Wildman–Crippen MR) is 85.4 cm³/mol. The number of esters is 1. The molecule has 2 rings (SSSR count). The molecule has 0 saturated heterocycles. The van der Waals surface area contributed by atoms with Crippen LogP contribution in [0.25, 0.3) is 0 Å². The van der Waals surface area contributed by atoms with Gasteiger partial charge in [0.2, 0.25) is 0 Å². The van der Waals surface area contributed by atoms with Gasteiger partial charge in [0.1, 0.15) is 0 Å². The number of methoxy groups -OCH3 is 1. The van der Waals surface area contributed by atoms with Crippen LogP contribution in [0.1, 0.15) is 21.5 Å². The Kier molecular flexibility index (Phi) is 5.79. The van der Waals surface area contributed by atoms with E-state index in [0.717, 1.165) is 15.6 Å². The van der Waals surface area contributed by atoms with Gasteiger partial charge in [-0.2, -0.15) is 0 Å². The van der Waals surface area contributed by atoms with Crippen molar-refractivity contribution in [3.63, 3.8) is 0 Å². The highest BCUT2D eigenvalue weighted by Crippen LogP contribution is 2.20. The zero-order valence-electron chi connectivity index (χ0n) is 11.4. The Bertz CT molecular complexity index is 626. The maximum atomic E-state index is 11.4. The van der Waals surface area contributed by atoms with Crippen LogP contribution in [-0.2, 0) is 22.7 Å². The Morgan fingerprint density at radius 2 is 1.86 bits per heavy atom.